The van der Waals surface area contributed by atoms with Gasteiger partial charge in [0.1, 0.15) is 6.04 Å². The van der Waals surface area contributed by atoms with Crippen LogP contribution in [0.5, 0.6) is 0 Å². The summed E-state index contributed by atoms with van der Waals surface area (Å²) in [4.78, 5) is 18.1. The van der Waals surface area contributed by atoms with E-state index in [4.69, 9.17) is 17.3 Å². The van der Waals surface area contributed by atoms with Crippen molar-refractivity contribution >= 4 is 44.2 Å². The molecule has 19 heavy (non-hydrogen) atoms. The van der Waals surface area contributed by atoms with Gasteiger partial charge in [0, 0.05) is 6.54 Å². The average Bonchev–Trinajstić information content (AvgIpc) is 2.99. The van der Waals surface area contributed by atoms with E-state index < -0.39 is 0 Å². The number of carbonyl (C=O) groups is 1. The Morgan fingerprint density at radius 2 is 2.37 bits per heavy atom. The van der Waals surface area contributed by atoms with Gasteiger partial charge >= 0.3 is 0 Å². The summed E-state index contributed by atoms with van der Waals surface area (Å²) in [6, 6.07) is 3.61. The number of rotatable bonds is 2. The highest BCUT2D eigenvalue weighted by atomic mass is 35.5. The smallest absolute Gasteiger partial charge is 0.240 e. The van der Waals surface area contributed by atoms with Gasteiger partial charge in [-0.1, -0.05) is 29.0 Å². The Labute approximate surface area is 120 Å². The molecule has 0 spiro atoms. The molecule has 0 saturated carbocycles. The van der Waals surface area contributed by atoms with Gasteiger partial charge in [-0.3, -0.25) is 4.79 Å². The number of thiazole rings is 1. The predicted molar refractivity (Wildman–Crippen MR) is 78.9 cm³/mol. The molecule has 1 fully saturated rings. The maximum absolute atomic E-state index is 11.5. The van der Waals surface area contributed by atoms with E-state index in [0.29, 0.717) is 5.02 Å². The zero-order valence-electron chi connectivity index (χ0n) is 10.5. The van der Waals surface area contributed by atoms with Gasteiger partial charge in [0.25, 0.3) is 0 Å². The molecule has 0 aliphatic carbocycles. The van der Waals surface area contributed by atoms with Gasteiger partial charge in [-0.05, 0) is 31.4 Å². The molecule has 6 heteroatoms. The number of aryl methyl sites for hydroxylation is 1. The van der Waals surface area contributed by atoms with Crippen LogP contribution in [0.25, 0.3) is 10.2 Å². The Morgan fingerprint density at radius 3 is 3.05 bits per heavy atom. The molecule has 2 heterocycles. The van der Waals surface area contributed by atoms with E-state index in [1.54, 1.807) is 0 Å². The second kappa shape index (κ2) is 4.65. The number of primary amides is 1. The molecule has 1 aromatic carbocycles. The summed E-state index contributed by atoms with van der Waals surface area (Å²) in [5.41, 5.74) is 7.46. The van der Waals surface area contributed by atoms with E-state index in [1.807, 2.05) is 24.0 Å². The van der Waals surface area contributed by atoms with Crippen molar-refractivity contribution < 1.29 is 4.79 Å². The molecule has 0 radical (unpaired) electrons. The van der Waals surface area contributed by atoms with Gasteiger partial charge in [0.05, 0.1) is 15.2 Å². The molecule has 1 amide bonds. The van der Waals surface area contributed by atoms with E-state index >= 15 is 0 Å². The lowest BCUT2D eigenvalue weighted by atomic mass is 10.2. The van der Waals surface area contributed by atoms with Crippen LogP contribution in [-0.4, -0.2) is 23.5 Å². The minimum absolute atomic E-state index is 0.236. The van der Waals surface area contributed by atoms with E-state index in [9.17, 15) is 4.79 Å². The standard InChI is InChI=1S/C13H14ClN3OS/c1-7-4-5-8(14)11-10(7)16-13(19-11)17-6-2-3-9(17)12(15)18/h4-5,9H,2-3,6H2,1H3,(H2,15,18). The average molecular weight is 296 g/mol. The Morgan fingerprint density at radius 1 is 1.58 bits per heavy atom. The first-order chi connectivity index (χ1) is 9.08. The summed E-state index contributed by atoms with van der Waals surface area (Å²) in [5, 5.41) is 1.55. The molecule has 1 atom stereocenters. The van der Waals surface area contributed by atoms with Crippen molar-refractivity contribution in [1.29, 1.82) is 0 Å². The van der Waals surface area contributed by atoms with Gasteiger partial charge in [-0.2, -0.15) is 0 Å². The highest BCUT2D eigenvalue weighted by Gasteiger charge is 2.31. The van der Waals surface area contributed by atoms with Gasteiger partial charge in [0.2, 0.25) is 5.91 Å². The van der Waals surface area contributed by atoms with Crippen molar-refractivity contribution in [3.63, 3.8) is 0 Å². The maximum atomic E-state index is 11.5. The number of anilines is 1. The van der Waals surface area contributed by atoms with Crippen LogP contribution in [0.15, 0.2) is 12.1 Å². The Bertz CT molecular complexity index is 616. The topological polar surface area (TPSA) is 59.2 Å². The molecule has 1 aromatic heterocycles. The quantitative estimate of drug-likeness (QED) is 0.927. The number of halogens is 1. The van der Waals surface area contributed by atoms with Gasteiger partial charge in [-0.15, -0.1) is 0 Å². The number of hydrogen-bond donors (Lipinski definition) is 1. The first kappa shape index (κ1) is 12.7. The normalized spacial score (nSPS) is 19.3. The highest BCUT2D eigenvalue weighted by molar-refractivity contribution is 7.22. The molecule has 1 saturated heterocycles. The predicted octanol–water partition coefficient (Wildman–Crippen LogP) is 2.71. The van der Waals surface area contributed by atoms with Crippen molar-refractivity contribution in [2.45, 2.75) is 25.8 Å². The maximum Gasteiger partial charge on any atom is 0.240 e. The molecular formula is C13H14ClN3OS. The molecule has 100 valence electrons. The fraction of sp³-hybridized carbons (Fsp3) is 0.385. The van der Waals surface area contributed by atoms with Crippen LogP contribution < -0.4 is 10.6 Å². The van der Waals surface area contributed by atoms with Gasteiger partial charge in [-0.25, -0.2) is 4.98 Å². The van der Waals surface area contributed by atoms with E-state index in [2.05, 4.69) is 4.98 Å². The summed E-state index contributed by atoms with van der Waals surface area (Å²) in [6.07, 6.45) is 1.77. The summed E-state index contributed by atoms with van der Waals surface area (Å²) < 4.78 is 0.979. The molecule has 1 unspecified atom stereocenters. The monoisotopic (exact) mass is 295 g/mol. The number of amides is 1. The third kappa shape index (κ3) is 2.07. The Balaban J connectivity index is 2.09. The van der Waals surface area contributed by atoms with Crippen LogP contribution in [0.4, 0.5) is 5.13 Å². The fourth-order valence-electron chi connectivity index (χ4n) is 2.51. The second-order valence-electron chi connectivity index (χ2n) is 4.79. The minimum Gasteiger partial charge on any atom is -0.368 e. The van der Waals surface area contributed by atoms with Crippen LogP contribution in [0.2, 0.25) is 5.02 Å². The Kier molecular flexibility index (Phi) is 3.11. The molecule has 1 aliphatic rings. The first-order valence-corrected chi connectivity index (χ1v) is 7.39. The largest absolute Gasteiger partial charge is 0.368 e. The number of hydrogen-bond acceptors (Lipinski definition) is 4. The fourth-order valence-corrected chi connectivity index (χ4v) is 3.90. The summed E-state index contributed by atoms with van der Waals surface area (Å²) in [5.74, 6) is -0.278. The Hall–Kier alpha value is -1.33. The number of fused-ring (bicyclic) bond motifs is 1. The molecular weight excluding hydrogens is 282 g/mol. The third-order valence-electron chi connectivity index (χ3n) is 3.51. The van der Waals surface area contributed by atoms with Crippen LogP contribution in [-0.2, 0) is 4.79 Å². The van der Waals surface area contributed by atoms with Crippen LogP contribution in [0.3, 0.4) is 0 Å². The molecule has 0 bridgehead atoms. The van der Waals surface area contributed by atoms with Crippen LogP contribution in [0.1, 0.15) is 18.4 Å². The SMILES string of the molecule is Cc1ccc(Cl)c2sc(N3CCCC3C(N)=O)nc12. The lowest BCUT2D eigenvalue weighted by Gasteiger charge is -2.20. The number of carbonyl (C=O) groups excluding carboxylic acids is 1. The van der Waals surface area contributed by atoms with Crippen molar-refractivity contribution in [3.8, 4) is 0 Å². The van der Waals surface area contributed by atoms with E-state index in [0.717, 1.165) is 40.3 Å². The van der Waals surface area contributed by atoms with Crippen LogP contribution in [0, 0.1) is 6.92 Å². The zero-order chi connectivity index (χ0) is 13.6. The number of nitrogens with zero attached hydrogens (tertiary/aromatic N) is 2. The summed E-state index contributed by atoms with van der Waals surface area (Å²) >= 11 is 7.74. The number of benzene rings is 1. The second-order valence-corrected chi connectivity index (χ2v) is 6.18. The molecule has 2 N–H and O–H groups in total. The first-order valence-electron chi connectivity index (χ1n) is 6.19. The lowest BCUT2D eigenvalue weighted by Crippen LogP contribution is -2.40. The number of aromatic nitrogens is 1. The summed E-state index contributed by atoms with van der Waals surface area (Å²) in [7, 11) is 0. The molecule has 4 nitrogen and oxygen atoms in total. The van der Waals surface area contributed by atoms with Crippen molar-refractivity contribution in [1.82, 2.24) is 4.98 Å². The van der Waals surface area contributed by atoms with Crippen molar-refractivity contribution in [3.05, 3.63) is 22.7 Å². The van der Waals surface area contributed by atoms with E-state index in [1.165, 1.54) is 11.3 Å². The van der Waals surface area contributed by atoms with Gasteiger partial charge in [0.15, 0.2) is 5.13 Å². The van der Waals surface area contributed by atoms with Crippen molar-refractivity contribution in [2.75, 3.05) is 11.4 Å². The summed E-state index contributed by atoms with van der Waals surface area (Å²) in [6.45, 7) is 2.84. The van der Waals surface area contributed by atoms with E-state index in [-0.39, 0.29) is 11.9 Å². The highest BCUT2D eigenvalue weighted by Crippen LogP contribution is 2.37. The number of nitrogens with two attached hydrogens (primary N) is 1. The molecule has 3 rings (SSSR count). The molecule has 2 aromatic rings. The van der Waals surface area contributed by atoms with Crippen molar-refractivity contribution in [2.24, 2.45) is 5.73 Å². The lowest BCUT2D eigenvalue weighted by molar-refractivity contribution is -0.119. The minimum atomic E-state index is -0.278. The molecule has 1 aliphatic heterocycles. The van der Waals surface area contributed by atoms with Crippen LogP contribution >= 0.6 is 22.9 Å². The third-order valence-corrected chi connectivity index (χ3v) is 5.07. The van der Waals surface area contributed by atoms with Gasteiger partial charge < -0.3 is 10.6 Å². The zero-order valence-corrected chi connectivity index (χ0v) is 12.1.